The highest BCUT2D eigenvalue weighted by atomic mass is 35.5. The normalized spacial score (nSPS) is 16.2. The molecule has 33 heavy (non-hydrogen) atoms. The summed E-state index contributed by atoms with van der Waals surface area (Å²) in [5.74, 6) is -1.69. The predicted octanol–water partition coefficient (Wildman–Crippen LogP) is 5.24. The van der Waals surface area contributed by atoms with Crippen molar-refractivity contribution in [2.24, 2.45) is 0 Å². The highest BCUT2D eigenvalue weighted by molar-refractivity contribution is 6.39. The van der Waals surface area contributed by atoms with E-state index in [1.54, 1.807) is 6.07 Å². The number of hydrogen-bond acceptors (Lipinski definition) is 4. The van der Waals surface area contributed by atoms with Gasteiger partial charge in [0, 0.05) is 32.7 Å². The fourth-order valence-electron chi connectivity index (χ4n) is 4.18. The lowest BCUT2D eigenvalue weighted by Crippen LogP contribution is -2.41. The van der Waals surface area contributed by atoms with Crippen molar-refractivity contribution in [3.63, 3.8) is 0 Å². The third-order valence-corrected chi connectivity index (χ3v) is 6.58. The lowest BCUT2D eigenvalue weighted by atomic mass is 9.85. The number of aliphatic carboxylic acids is 1. The Hall–Kier alpha value is -2.12. The molecule has 0 aromatic heterocycles. The zero-order chi connectivity index (χ0) is 23.8. The summed E-state index contributed by atoms with van der Waals surface area (Å²) >= 11 is 12.1. The number of hydrogen-bond donors (Lipinski definition) is 2. The third-order valence-electron chi connectivity index (χ3n) is 5.95. The van der Waals surface area contributed by atoms with Crippen LogP contribution in [0.25, 0.3) is 0 Å². The Kier molecular flexibility index (Phi) is 9.15. The fourth-order valence-corrected chi connectivity index (χ4v) is 4.75. The van der Waals surface area contributed by atoms with Gasteiger partial charge in [0.2, 0.25) is 0 Å². The fraction of sp³-hybridized carbons (Fsp3) is 0.440. The highest BCUT2D eigenvalue weighted by Gasteiger charge is 2.35. The Morgan fingerprint density at radius 1 is 1.12 bits per heavy atom. The number of rotatable bonds is 10. The van der Waals surface area contributed by atoms with Crippen LogP contribution in [0.4, 0.5) is 0 Å². The minimum absolute atomic E-state index is 0.0824. The monoisotopic (exact) mass is 493 g/mol. The highest BCUT2D eigenvalue weighted by Crippen LogP contribution is 2.36. The minimum Gasteiger partial charge on any atom is -0.480 e. The molecule has 1 atom stereocenters. The minimum atomic E-state index is -1.10. The Morgan fingerprint density at radius 3 is 2.33 bits per heavy atom. The van der Waals surface area contributed by atoms with Crippen LogP contribution in [0.2, 0.25) is 10.0 Å². The molecule has 0 saturated carbocycles. The largest absolute Gasteiger partial charge is 0.480 e. The quantitative estimate of drug-likeness (QED) is 0.472. The predicted molar refractivity (Wildman–Crippen MR) is 128 cm³/mol. The van der Waals surface area contributed by atoms with E-state index in [1.807, 2.05) is 6.92 Å². The van der Waals surface area contributed by atoms with Crippen molar-refractivity contribution in [1.29, 1.82) is 0 Å². The van der Waals surface area contributed by atoms with E-state index < -0.39 is 17.9 Å². The molecule has 0 radical (unpaired) electrons. The zero-order valence-corrected chi connectivity index (χ0v) is 20.1. The van der Waals surface area contributed by atoms with Gasteiger partial charge < -0.3 is 19.9 Å². The maximum atomic E-state index is 12.5. The summed E-state index contributed by atoms with van der Waals surface area (Å²) in [6.07, 6.45) is 3.23. The third kappa shape index (κ3) is 6.48. The number of carbonyl (C=O) groups is 2. The first-order valence-electron chi connectivity index (χ1n) is 11.1. The first kappa shape index (κ1) is 25.5. The standard InChI is InChI=1S/C25H29Cl2NO5/c1-2-33-25(13-15-32-16-14-25)18-11-9-17(10-12-18)5-3-8-21(24(30)31)28-23(29)22-19(26)6-4-7-20(22)27/h4,6-7,9-12,21H,2-3,5,8,13-16H2,1H3,(H,28,29)(H,30,31). The summed E-state index contributed by atoms with van der Waals surface area (Å²) < 4.78 is 11.6. The van der Waals surface area contributed by atoms with Crippen LogP contribution in [0.3, 0.4) is 0 Å². The van der Waals surface area contributed by atoms with Gasteiger partial charge in [0.15, 0.2) is 0 Å². The van der Waals surface area contributed by atoms with Gasteiger partial charge >= 0.3 is 5.97 Å². The van der Waals surface area contributed by atoms with Crippen LogP contribution >= 0.6 is 23.2 Å². The molecule has 1 aliphatic rings. The van der Waals surface area contributed by atoms with E-state index in [1.165, 1.54) is 12.1 Å². The number of aryl methyl sites for hydroxylation is 1. The summed E-state index contributed by atoms with van der Waals surface area (Å²) in [5, 5.41) is 12.5. The van der Waals surface area contributed by atoms with Gasteiger partial charge in [0.25, 0.3) is 5.91 Å². The number of ether oxygens (including phenoxy) is 2. The van der Waals surface area contributed by atoms with Crippen LogP contribution in [0.1, 0.15) is 54.1 Å². The van der Waals surface area contributed by atoms with Crippen LogP contribution in [-0.2, 0) is 26.3 Å². The molecule has 1 amide bonds. The van der Waals surface area contributed by atoms with E-state index in [4.69, 9.17) is 32.7 Å². The van der Waals surface area contributed by atoms with E-state index in [0.717, 1.165) is 24.0 Å². The number of amides is 1. The molecule has 8 heteroatoms. The van der Waals surface area contributed by atoms with Gasteiger partial charge in [-0.1, -0.05) is 53.5 Å². The van der Waals surface area contributed by atoms with Crippen LogP contribution < -0.4 is 5.32 Å². The average Bonchev–Trinajstić information content (AvgIpc) is 2.79. The molecule has 1 unspecified atom stereocenters. The van der Waals surface area contributed by atoms with Crippen LogP contribution in [0.5, 0.6) is 0 Å². The molecule has 1 fully saturated rings. The SMILES string of the molecule is CCOC1(c2ccc(CCCC(NC(=O)c3c(Cl)cccc3Cl)C(=O)O)cc2)CCOCC1. The molecule has 1 heterocycles. The lowest BCUT2D eigenvalue weighted by molar-refractivity contribution is -0.139. The van der Waals surface area contributed by atoms with Gasteiger partial charge in [-0.05, 0) is 49.4 Å². The summed E-state index contributed by atoms with van der Waals surface area (Å²) in [6.45, 7) is 4.01. The van der Waals surface area contributed by atoms with E-state index in [0.29, 0.717) is 32.7 Å². The number of benzene rings is 2. The van der Waals surface area contributed by atoms with Crippen LogP contribution in [-0.4, -0.2) is 42.8 Å². The van der Waals surface area contributed by atoms with Crippen molar-refractivity contribution in [3.8, 4) is 0 Å². The van der Waals surface area contributed by atoms with Gasteiger partial charge in [0.05, 0.1) is 21.2 Å². The zero-order valence-electron chi connectivity index (χ0n) is 18.6. The molecular weight excluding hydrogens is 465 g/mol. The van der Waals surface area contributed by atoms with Crippen molar-refractivity contribution < 1.29 is 24.2 Å². The Bertz CT molecular complexity index is 932. The van der Waals surface area contributed by atoms with Crippen LogP contribution in [0, 0.1) is 0 Å². The molecule has 6 nitrogen and oxygen atoms in total. The first-order valence-corrected chi connectivity index (χ1v) is 11.9. The molecule has 2 N–H and O–H groups in total. The van der Waals surface area contributed by atoms with Crippen LogP contribution in [0.15, 0.2) is 42.5 Å². The summed E-state index contributed by atoms with van der Waals surface area (Å²) in [5.41, 5.74) is 2.02. The van der Waals surface area contributed by atoms with Crippen molar-refractivity contribution in [3.05, 3.63) is 69.2 Å². The topological polar surface area (TPSA) is 84.9 Å². The van der Waals surface area contributed by atoms with Gasteiger partial charge in [-0.2, -0.15) is 0 Å². The molecule has 0 bridgehead atoms. The summed E-state index contributed by atoms with van der Waals surface area (Å²) in [7, 11) is 0. The van der Waals surface area contributed by atoms with Crippen molar-refractivity contribution in [2.75, 3.05) is 19.8 Å². The Morgan fingerprint density at radius 2 is 1.76 bits per heavy atom. The van der Waals surface area contributed by atoms with Gasteiger partial charge in [-0.15, -0.1) is 0 Å². The molecule has 0 spiro atoms. The van der Waals surface area contributed by atoms with Crippen molar-refractivity contribution in [1.82, 2.24) is 5.32 Å². The van der Waals surface area contributed by atoms with Crippen molar-refractivity contribution >= 4 is 35.1 Å². The molecular formula is C25H29Cl2NO5. The number of carbonyl (C=O) groups excluding carboxylic acids is 1. The second-order valence-electron chi connectivity index (χ2n) is 8.09. The number of carboxylic acids is 1. The molecule has 3 rings (SSSR count). The molecule has 1 saturated heterocycles. The molecule has 178 valence electrons. The van der Waals surface area contributed by atoms with E-state index >= 15 is 0 Å². The van der Waals surface area contributed by atoms with Crippen molar-refractivity contribution in [2.45, 2.75) is 50.7 Å². The smallest absolute Gasteiger partial charge is 0.326 e. The second-order valence-corrected chi connectivity index (χ2v) is 8.90. The molecule has 2 aromatic rings. The van der Waals surface area contributed by atoms with Gasteiger partial charge in [-0.25, -0.2) is 4.79 Å². The maximum absolute atomic E-state index is 12.5. The maximum Gasteiger partial charge on any atom is 0.326 e. The molecule has 2 aromatic carbocycles. The number of halogens is 2. The molecule has 1 aliphatic heterocycles. The van der Waals surface area contributed by atoms with Gasteiger partial charge in [-0.3, -0.25) is 4.79 Å². The molecule has 0 aliphatic carbocycles. The Labute approximate surface area is 204 Å². The summed E-state index contributed by atoms with van der Waals surface area (Å²) in [4.78, 5) is 24.2. The second kappa shape index (κ2) is 11.8. The number of carboxylic acid groups (broad SMARTS) is 1. The van der Waals surface area contributed by atoms with Gasteiger partial charge in [0.1, 0.15) is 6.04 Å². The number of nitrogens with one attached hydrogen (secondary N) is 1. The van der Waals surface area contributed by atoms with E-state index in [9.17, 15) is 14.7 Å². The lowest BCUT2D eigenvalue weighted by Gasteiger charge is -2.37. The Balaban J connectivity index is 1.58. The summed E-state index contributed by atoms with van der Waals surface area (Å²) in [6, 6.07) is 12.0. The first-order chi connectivity index (χ1) is 15.9. The van der Waals surface area contributed by atoms with E-state index in [-0.39, 0.29) is 27.6 Å². The van der Waals surface area contributed by atoms with E-state index in [2.05, 4.69) is 29.6 Å². The average molecular weight is 494 g/mol.